The van der Waals surface area contributed by atoms with Crippen LogP contribution in [0.15, 0.2) is 42.5 Å². The number of hydrogen-bond acceptors (Lipinski definition) is 3. The van der Waals surface area contributed by atoms with Crippen LogP contribution in [0.5, 0.6) is 0 Å². The molecule has 0 radical (unpaired) electrons. The van der Waals surface area contributed by atoms with Gasteiger partial charge in [-0.05, 0) is 47.7 Å². The lowest BCUT2D eigenvalue weighted by Gasteiger charge is -2.43. The van der Waals surface area contributed by atoms with Gasteiger partial charge in [-0.3, -0.25) is 4.90 Å². The van der Waals surface area contributed by atoms with Crippen LogP contribution in [0.2, 0.25) is 0 Å². The zero-order chi connectivity index (χ0) is 20.5. The van der Waals surface area contributed by atoms with Crippen molar-refractivity contribution in [3.63, 3.8) is 0 Å². The second-order valence-corrected chi connectivity index (χ2v) is 7.92. The molecule has 1 aliphatic carbocycles. The van der Waals surface area contributed by atoms with Crippen LogP contribution in [0.25, 0.3) is 0 Å². The first-order valence-electron chi connectivity index (χ1n) is 9.83. The van der Waals surface area contributed by atoms with Crippen LogP contribution in [0, 0.1) is 5.82 Å². The summed E-state index contributed by atoms with van der Waals surface area (Å²) in [6.07, 6.45) is -2.88. The maximum absolute atomic E-state index is 13.7. The fraction of sp³-hybridized carbons (Fsp3) is 0.455. The van der Waals surface area contributed by atoms with Crippen molar-refractivity contribution < 1.29 is 22.3 Å². The van der Waals surface area contributed by atoms with E-state index in [9.17, 15) is 17.6 Å². The molecular formula is C22H24F4N2O. The number of halogens is 4. The Balaban J connectivity index is 1.49. The molecule has 2 aliphatic rings. The summed E-state index contributed by atoms with van der Waals surface area (Å²) in [6.45, 7) is 3.93. The third-order valence-corrected chi connectivity index (χ3v) is 5.87. The Morgan fingerprint density at radius 1 is 1.00 bits per heavy atom. The van der Waals surface area contributed by atoms with Crippen molar-refractivity contribution in [2.24, 2.45) is 0 Å². The summed E-state index contributed by atoms with van der Waals surface area (Å²) in [5, 5.41) is 3.35. The second kappa shape index (κ2) is 8.05. The van der Waals surface area contributed by atoms with Gasteiger partial charge in [-0.15, -0.1) is 0 Å². The molecule has 1 fully saturated rings. The van der Waals surface area contributed by atoms with Crippen molar-refractivity contribution in [1.82, 2.24) is 10.2 Å². The van der Waals surface area contributed by atoms with Crippen molar-refractivity contribution in [2.45, 2.75) is 31.2 Å². The van der Waals surface area contributed by atoms with E-state index < -0.39 is 17.6 Å². The average Bonchev–Trinajstić information content (AvgIpc) is 3.07. The van der Waals surface area contributed by atoms with E-state index in [4.69, 9.17) is 4.74 Å². The highest BCUT2D eigenvalue weighted by Crippen LogP contribution is 2.36. The van der Waals surface area contributed by atoms with E-state index >= 15 is 0 Å². The van der Waals surface area contributed by atoms with Gasteiger partial charge in [0.2, 0.25) is 0 Å². The number of benzene rings is 2. The van der Waals surface area contributed by atoms with E-state index in [-0.39, 0.29) is 17.7 Å². The zero-order valence-electron chi connectivity index (χ0n) is 16.1. The van der Waals surface area contributed by atoms with Crippen LogP contribution in [0.4, 0.5) is 17.6 Å². The maximum Gasteiger partial charge on any atom is 0.416 e. The van der Waals surface area contributed by atoms with Crippen molar-refractivity contribution in [2.75, 3.05) is 32.8 Å². The Bertz CT molecular complexity index is 837. The lowest BCUT2D eigenvalue weighted by molar-refractivity contribution is -0.137. The number of nitrogens with one attached hydrogen (secondary N) is 1. The smallest absolute Gasteiger partial charge is 0.375 e. The highest BCUT2D eigenvalue weighted by Gasteiger charge is 2.42. The fourth-order valence-corrected chi connectivity index (χ4v) is 4.49. The molecule has 1 aliphatic heterocycles. The molecule has 2 aromatic carbocycles. The first-order chi connectivity index (χ1) is 13.9. The third kappa shape index (κ3) is 4.47. The molecule has 0 bridgehead atoms. The molecule has 0 amide bonds. The summed E-state index contributed by atoms with van der Waals surface area (Å²) in [6, 6.07) is 10.9. The molecule has 156 valence electrons. The number of nitrogens with zero attached hydrogens (tertiary/aromatic N) is 1. The number of fused-ring (bicyclic) bond motifs is 1. The largest absolute Gasteiger partial charge is 0.416 e. The summed E-state index contributed by atoms with van der Waals surface area (Å²) in [5.41, 5.74) is 1.58. The second-order valence-electron chi connectivity index (χ2n) is 7.92. The summed E-state index contributed by atoms with van der Waals surface area (Å²) >= 11 is 0. The number of rotatable bonds is 5. The van der Waals surface area contributed by atoms with Gasteiger partial charge in [0.1, 0.15) is 5.82 Å². The standard InChI is InChI=1S/C22H24F4N2O/c23-20-10-16(9-19(11-20)22(24,25)26)14-29-15-21(28-7-5-27-6-8-28)12-17-3-1-2-4-18(17)13-21/h1-4,9-11,27H,5-8,12-15H2. The van der Waals surface area contributed by atoms with Gasteiger partial charge in [-0.2, -0.15) is 13.2 Å². The summed E-state index contributed by atoms with van der Waals surface area (Å²) in [4.78, 5) is 2.43. The lowest BCUT2D eigenvalue weighted by Crippen LogP contribution is -2.59. The SMILES string of the molecule is Fc1cc(COCC2(N3CCNCC3)Cc3ccccc3C2)cc(C(F)(F)F)c1. The van der Waals surface area contributed by atoms with Crippen LogP contribution >= 0.6 is 0 Å². The topological polar surface area (TPSA) is 24.5 Å². The molecule has 1 saturated heterocycles. The van der Waals surface area contributed by atoms with Gasteiger partial charge < -0.3 is 10.1 Å². The average molecular weight is 408 g/mol. The minimum atomic E-state index is -4.58. The molecule has 29 heavy (non-hydrogen) atoms. The van der Waals surface area contributed by atoms with Crippen molar-refractivity contribution in [1.29, 1.82) is 0 Å². The predicted molar refractivity (Wildman–Crippen MR) is 102 cm³/mol. The molecule has 4 rings (SSSR count). The quantitative estimate of drug-likeness (QED) is 0.762. The first-order valence-corrected chi connectivity index (χ1v) is 9.83. The van der Waals surface area contributed by atoms with Crippen LogP contribution in [-0.2, 0) is 30.4 Å². The minimum absolute atomic E-state index is 0.0506. The Kier molecular flexibility index (Phi) is 5.64. The van der Waals surface area contributed by atoms with Gasteiger partial charge in [0, 0.05) is 26.2 Å². The summed E-state index contributed by atoms with van der Waals surface area (Å²) < 4.78 is 58.4. The highest BCUT2D eigenvalue weighted by atomic mass is 19.4. The van der Waals surface area contributed by atoms with E-state index in [1.807, 2.05) is 12.1 Å². The Hall–Kier alpha value is -1.96. The van der Waals surface area contributed by atoms with E-state index in [1.165, 1.54) is 11.1 Å². The van der Waals surface area contributed by atoms with Crippen LogP contribution in [0.1, 0.15) is 22.3 Å². The van der Waals surface area contributed by atoms with E-state index in [2.05, 4.69) is 22.3 Å². The number of piperazine rings is 1. The number of alkyl halides is 3. The van der Waals surface area contributed by atoms with Gasteiger partial charge in [-0.1, -0.05) is 24.3 Å². The van der Waals surface area contributed by atoms with Gasteiger partial charge in [0.15, 0.2) is 0 Å². The summed E-state index contributed by atoms with van der Waals surface area (Å²) in [7, 11) is 0. The molecule has 7 heteroatoms. The predicted octanol–water partition coefficient (Wildman–Crippen LogP) is 3.80. The third-order valence-electron chi connectivity index (χ3n) is 5.87. The fourth-order valence-electron chi connectivity index (χ4n) is 4.49. The van der Waals surface area contributed by atoms with E-state index in [0.29, 0.717) is 12.7 Å². The molecule has 0 atom stereocenters. The Labute approximate surface area is 167 Å². The minimum Gasteiger partial charge on any atom is -0.375 e. The zero-order valence-corrected chi connectivity index (χ0v) is 16.1. The Morgan fingerprint density at radius 3 is 2.28 bits per heavy atom. The molecule has 2 aromatic rings. The Morgan fingerprint density at radius 2 is 1.66 bits per heavy atom. The molecule has 0 saturated carbocycles. The number of ether oxygens (including phenoxy) is 1. The molecule has 1 N–H and O–H groups in total. The molecule has 0 spiro atoms. The van der Waals surface area contributed by atoms with Crippen molar-refractivity contribution >= 4 is 0 Å². The van der Waals surface area contributed by atoms with Crippen molar-refractivity contribution in [3.8, 4) is 0 Å². The lowest BCUT2D eigenvalue weighted by atomic mass is 9.93. The molecule has 0 aromatic heterocycles. The molecule has 3 nitrogen and oxygen atoms in total. The summed E-state index contributed by atoms with van der Waals surface area (Å²) in [5.74, 6) is -0.900. The molecule has 0 unspecified atom stereocenters. The monoisotopic (exact) mass is 408 g/mol. The van der Waals surface area contributed by atoms with E-state index in [1.54, 1.807) is 0 Å². The van der Waals surface area contributed by atoms with Gasteiger partial charge in [0.05, 0.1) is 24.3 Å². The van der Waals surface area contributed by atoms with Crippen molar-refractivity contribution in [3.05, 3.63) is 70.5 Å². The highest BCUT2D eigenvalue weighted by molar-refractivity contribution is 5.36. The van der Waals surface area contributed by atoms with E-state index in [0.717, 1.165) is 51.2 Å². The van der Waals surface area contributed by atoms with Crippen LogP contribution in [-0.4, -0.2) is 43.2 Å². The van der Waals surface area contributed by atoms with Gasteiger partial charge in [-0.25, -0.2) is 4.39 Å². The maximum atomic E-state index is 13.7. The molecular weight excluding hydrogens is 384 g/mol. The normalized spacial score (nSPS) is 19.3. The first kappa shape index (κ1) is 20.3. The van der Waals surface area contributed by atoms with Crippen LogP contribution in [0.3, 0.4) is 0 Å². The van der Waals surface area contributed by atoms with Crippen LogP contribution < -0.4 is 5.32 Å². The molecule has 1 heterocycles. The van der Waals surface area contributed by atoms with Gasteiger partial charge in [0.25, 0.3) is 0 Å². The number of hydrogen-bond donors (Lipinski definition) is 1. The van der Waals surface area contributed by atoms with Gasteiger partial charge >= 0.3 is 6.18 Å².